The van der Waals surface area contributed by atoms with E-state index in [1.54, 1.807) is 6.20 Å². The minimum atomic E-state index is 0.760. The molecule has 102 valence electrons. The van der Waals surface area contributed by atoms with Crippen molar-refractivity contribution in [3.8, 4) is 0 Å². The summed E-state index contributed by atoms with van der Waals surface area (Å²) in [5.74, 6) is 0. The second-order valence-corrected chi connectivity index (χ2v) is 4.75. The third-order valence-corrected chi connectivity index (χ3v) is 2.90. The maximum absolute atomic E-state index is 4.33. The number of aryl methyl sites for hydroxylation is 1. The topological polar surface area (TPSA) is 46.0 Å². The van der Waals surface area contributed by atoms with E-state index < -0.39 is 0 Å². The Bertz CT molecular complexity index is 518. The van der Waals surface area contributed by atoms with Crippen LogP contribution >= 0.6 is 0 Å². The summed E-state index contributed by atoms with van der Waals surface area (Å²) < 4.78 is 1.98. The highest BCUT2D eigenvalue weighted by Crippen LogP contribution is 2.22. The van der Waals surface area contributed by atoms with E-state index in [0.717, 1.165) is 30.9 Å². The van der Waals surface area contributed by atoms with Gasteiger partial charge in [-0.25, -0.2) is 0 Å². The average molecular weight is 259 g/mol. The van der Waals surface area contributed by atoms with Crippen molar-refractivity contribution < 1.29 is 0 Å². The van der Waals surface area contributed by atoms with Crippen molar-refractivity contribution in [1.82, 2.24) is 14.8 Å². The zero-order chi connectivity index (χ0) is 13.7. The van der Waals surface area contributed by atoms with Crippen LogP contribution in [0.5, 0.6) is 0 Å². The second kappa shape index (κ2) is 6.22. The highest BCUT2D eigenvalue weighted by Gasteiger charge is 2.04. The molecule has 0 aromatic carbocycles. The first kappa shape index (κ1) is 13.4. The Kier molecular flexibility index (Phi) is 4.39. The quantitative estimate of drug-likeness (QED) is 0.865. The Hall–Kier alpha value is -2.04. The van der Waals surface area contributed by atoms with Crippen LogP contribution in [0.1, 0.15) is 18.9 Å². The van der Waals surface area contributed by atoms with Crippen molar-refractivity contribution in [2.75, 3.05) is 24.3 Å². The number of anilines is 2. The first-order chi connectivity index (χ1) is 9.20. The third-order valence-electron chi connectivity index (χ3n) is 2.90. The number of aromatic nitrogens is 3. The van der Waals surface area contributed by atoms with Crippen LogP contribution in [0.4, 0.5) is 11.4 Å². The molecule has 0 atom stereocenters. The van der Waals surface area contributed by atoms with Crippen LogP contribution < -0.4 is 10.2 Å². The molecule has 0 aliphatic heterocycles. The SMILES string of the molecule is CCCn1cc(CNc2cnccc2N(C)C)cn1. The molecule has 0 saturated heterocycles. The van der Waals surface area contributed by atoms with Gasteiger partial charge in [-0.05, 0) is 12.5 Å². The third kappa shape index (κ3) is 3.47. The van der Waals surface area contributed by atoms with Gasteiger partial charge in [-0.15, -0.1) is 0 Å². The summed E-state index contributed by atoms with van der Waals surface area (Å²) in [6.45, 7) is 3.88. The van der Waals surface area contributed by atoms with Gasteiger partial charge in [0.05, 0.1) is 23.8 Å². The van der Waals surface area contributed by atoms with E-state index in [1.807, 2.05) is 37.2 Å². The molecule has 2 heterocycles. The number of pyridine rings is 1. The largest absolute Gasteiger partial charge is 0.378 e. The van der Waals surface area contributed by atoms with Gasteiger partial charge in [0.2, 0.25) is 0 Å². The van der Waals surface area contributed by atoms with E-state index in [4.69, 9.17) is 0 Å². The van der Waals surface area contributed by atoms with Crippen LogP contribution in [-0.4, -0.2) is 28.9 Å². The zero-order valence-electron chi connectivity index (χ0n) is 11.8. The number of hydrogen-bond acceptors (Lipinski definition) is 4. The lowest BCUT2D eigenvalue weighted by Gasteiger charge is -2.17. The van der Waals surface area contributed by atoms with Crippen molar-refractivity contribution >= 4 is 11.4 Å². The van der Waals surface area contributed by atoms with Crippen LogP contribution in [-0.2, 0) is 13.1 Å². The van der Waals surface area contributed by atoms with E-state index in [0.29, 0.717) is 0 Å². The standard InChI is InChI=1S/C14H21N5/c1-4-7-19-11-12(9-17-19)8-16-13-10-15-6-5-14(13)18(2)3/h5-6,9-11,16H,4,7-8H2,1-3H3. The molecule has 2 aromatic rings. The molecule has 0 aliphatic carbocycles. The Morgan fingerprint density at radius 1 is 1.32 bits per heavy atom. The van der Waals surface area contributed by atoms with E-state index in [-0.39, 0.29) is 0 Å². The molecule has 2 aromatic heterocycles. The van der Waals surface area contributed by atoms with Crippen LogP contribution in [0.3, 0.4) is 0 Å². The van der Waals surface area contributed by atoms with Crippen LogP contribution in [0.25, 0.3) is 0 Å². The molecule has 0 spiro atoms. The maximum Gasteiger partial charge on any atom is 0.0766 e. The van der Waals surface area contributed by atoms with E-state index in [2.05, 4.69) is 33.4 Å². The van der Waals surface area contributed by atoms with Crippen LogP contribution in [0.2, 0.25) is 0 Å². The van der Waals surface area contributed by atoms with Gasteiger partial charge < -0.3 is 10.2 Å². The summed E-state index contributed by atoms with van der Waals surface area (Å²) in [7, 11) is 4.06. The molecule has 0 fully saturated rings. The van der Waals surface area contributed by atoms with E-state index in [9.17, 15) is 0 Å². The van der Waals surface area contributed by atoms with Gasteiger partial charge in [0.25, 0.3) is 0 Å². The highest BCUT2D eigenvalue weighted by atomic mass is 15.3. The van der Waals surface area contributed by atoms with E-state index >= 15 is 0 Å². The predicted molar refractivity (Wildman–Crippen MR) is 78.4 cm³/mol. The number of nitrogens with one attached hydrogen (secondary N) is 1. The molecule has 0 radical (unpaired) electrons. The molecular formula is C14H21N5. The summed E-state index contributed by atoms with van der Waals surface area (Å²) in [5.41, 5.74) is 3.36. The molecule has 1 N–H and O–H groups in total. The minimum Gasteiger partial charge on any atom is -0.378 e. The van der Waals surface area contributed by atoms with Crippen molar-refractivity contribution in [3.63, 3.8) is 0 Å². The average Bonchev–Trinajstić information content (AvgIpc) is 2.85. The number of nitrogens with zero attached hydrogens (tertiary/aromatic N) is 4. The Labute approximate surface area is 114 Å². The molecule has 5 heteroatoms. The lowest BCUT2D eigenvalue weighted by atomic mass is 10.3. The van der Waals surface area contributed by atoms with Crippen molar-refractivity contribution in [2.45, 2.75) is 26.4 Å². The van der Waals surface area contributed by atoms with Crippen molar-refractivity contribution in [1.29, 1.82) is 0 Å². The van der Waals surface area contributed by atoms with Crippen molar-refractivity contribution in [2.24, 2.45) is 0 Å². The highest BCUT2D eigenvalue weighted by molar-refractivity contribution is 5.68. The first-order valence-electron chi connectivity index (χ1n) is 6.57. The zero-order valence-corrected chi connectivity index (χ0v) is 11.8. The summed E-state index contributed by atoms with van der Waals surface area (Å²) in [4.78, 5) is 6.24. The fraction of sp³-hybridized carbons (Fsp3) is 0.429. The Morgan fingerprint density at radius 3 is 2.89 bits per heavy atom. The smallest absolute Gasteiger partial charge is 0.0766 e. The maximum atomic E-state index is 4.33. The molecule has 0 unspecified atom stereocenters. The monoisotopic (exact) mass is 259 g/mol. The minimum absolute atomic E-state index is 0.760. The van der Waals surface area contributed by atoms with Gasteiger partial charge >= 0.3 is 0 Å². The van der Waals surface area contributed by atoms with Gasteiger partial charge in [0, 0.05) is 45.1 Å². The number of rotatable bonds is 6. The molecule has 2 rings (SSSR count). The summed E-state index contributed by atoms with van der Waals surface area (Å²) in [5, 5.41) is 7.74. The van der Waals surface area contributed by atoms with Gasteiger partial charge in [-0.1, -0.05) is 6.92 Å². The normalized spacial score (nSPS) is 10.5. The molecule has 19 heavy (non-hydrogen) atoms. The molecule has 0 bridgehead atoms. The fourth-order valence-corrected chi connectivity index (χ4v) is 1.96. The molecule has 0 amide bonds. The first-order valence-corrected chi connectivity index (χ1v) is 6.57. The second-order valence-electron chi connectivity index (χ2n) is 4.75. The van der Waals surface area contributed by atoms with Crippen LogP contribution in [0, 0.1) is 0 Å². The lowest BCUT2D eigenvalue weighted by molar-refractivity contribution is 0.602. The van der Waals surface area contributed by atoms with E-state index in [1.165, 1.54) is 5.56 Å². The van der Waals surface area contributed by atoms with Crippen molar-refractivity contribution in [3.05, 3.63) is 36.4 Å². The lowest BCUT2D eigenvalue weighted by Crippen LogP contribution is -2.12. The Morgan fingerprint density at radius 2 is 2.16 bits per heavy atom. The van der Waals surface area contributed by atoms with Crippen LogP contribution in [0.15, 0.2) is 30.9 Å². The van der Waals surface area contributed by atoms with Gasteiger partial charge in [-0.2, -0.15) is 5.10 Å². The van der Waals surface area contributed by atoms with Gasteiger partial charge in [0.1, 0.15) is 0 Å². The Balaban J connectivity index is 2.01. The molecule has 0 aliphatic rings. The van der Waals surface area contributed by atoms with Gasteiger partial charge in [0.15, 0.2) is 0 Å². The number of hydrogen-bond donors (Lipinski definition) is 1. The predicted octanol–water partition coefficient (Wildman–Crippen LogP) is 2.37. The summed E-state index contributed by atoms with van der Waals surface area (Å²) >= 11 is 0. The molecule has 5 nitrogen and oxygen atoms in total. The molecule has 0 saturated carbocycles. The summed E-state index contributed by atoms with van der Waals surface area (Å²) in [6.07, 6.45) is 8.75. The molecular weight excluding hydrogens is 238 g/mol. The van der Waals surface area contributed by atoms with Gasteiger partial charge in [-0.3, -0.25) is 9.67 Å². The fourth-order valence-electron chi connectivity index (χ4n) is 1.96. The summed E-state index contributed by atoms with van der Waals surface area (Å²) in [6, 6.07) is 2.00.